The lowest BCUT2D eigenvalue weighted by atomic mass is 10.0. The molecule has 0 bridgehead atoms. The maximum atomic E-state index is 14.5. The van der Waals surface area contributed by atoms with E-state index < -0.39 is 47.7 Å². The Labute approximate surface area is 174 Å². The van der Waals surface area contributed by atoms with Gasteiger partial charge in [0.25, 0.3) is 17.4 Å². The summed E-state index contributed by atoms with van der Waals surface area (Å²) in [6.07, 6.45) is 0. The van der Waals surface area contributed by atoms with Crippen molar-refractivity contribution >= 4 is 5.91 Å². The van der Waals surface area contributed by atoms with Crippen molar-refractivity contribution in [2.24, 2.45) is 0 Å². The molecule has 0 saturated carbocycles. The van der Waals surface area contributed by atoms with E-state index in [2.05, 4.69) is 15.2 Å². The smallest absolute Gasteiger partial charge is 0.298 e. The molecule has 0 aliphatic carbocycles. The highest BCUT2D eigenvalue weighted by molar-refractivity contribution is 5.92. The maximum Gasteiger partial charge on any atom is 0.298 e. The molecule has 1 heterocycles. The molecule has 0 fully saturated rings. The van der Waals surface area contributed by atoms with Gasteiger partial charge >= 0.3 is 0 Å². The fraction of sp³-hybridized carbons (Fsp3) is 0.190. The van der Waals surface area contributed by atoms with Crippen molar-refractivity contribution in [3.8, 4) is 5.69 Å². The molecule has 3 aromatic rings. The summed E-state index contributed by atoms with van der Waals surface area (Å²) in [6, 6.07) is 10.9. The number of nitrogens with zero attached hydrogens (tertiary/aromatic N) is 2. The third-order valence-electron chi connectivity index (χ3n) is 4.35. The van der Waals surface area contributed by atoms with E-state index in [4.69, 9.17) is 0 Å². The molecule has 10 heteroatoms. The summed E-state index contributed by atoms with van der Waals surface area (Å²) in [5, 5.41) is 6.19. The van der Waals surface area contributed by atoms with Crippen molar-refractivity contribution in [1.29, 1.82) is 0 Å². The third-order valence-corrected chi connectivity index (χ3v) is 4.35. The number of para-hydroxylation sites is 1. The lowest BCUT2D eigenvalue weighted by Crippen LogP contribution is -2.29. The van der Waals surface area contributed by atoms with Crippen LogP contribution in [0.15, 0.2) is 59.4 Å². The molecule has 2 aromatic carbocycles. The molecule has 0 spiro atoms. The summed E-state index contributed by atoms with van der Waals surface area (Å²) in [6.45, 7) is -1.41. The van der Waals surface area contributed by atoms with E-state index in [9.17, 15) is 27.2 Å². The average molecular weight is 435 g/mol. The SMILES string of the molecule is COCC(F)(F)c1cccc(CNC(=O)c2ccc(=O)n(-c3ccccc3F)n2)c1F. The van der Waals surface area contributed by atoms with Crippen LogP contribution in [0, 0.1) is 11.6 Å². The second kappa shape index (κ2) is 9.09. The molecule has 162 valence electrons. The number of ether oxygens (including phenoxy) is 1. The Morgan fingerprint density at radius 3 is 2.55 bits per heavy atom. The van der Waals surface area contributed by atoms with Crippen LogP contribution in [0.1, 0.15) is 21.6 Å². The number of carbonyl (C=O) groups excluding carboxylic acids is 1. The van der Waals surface area contributed by atoms with E-state index in [1.807, 2.05) is 0 Å². The number of carbonyl (C=O) groups is 1. The zero-order valence-corrected chi connectivity index (χ0v) is 16.2. The second-order valence-electron chi connectivity index (χ2n) is 6.52. The second-order valence-corrected chi connectivity index (χ2v) is 6.52. The zero-order chi connectivity index (χ0) is 22.6. The first-order valence-corrected chi connectivity index (χ1v) is 9.02. The van der Waals surface area contributed by atoms with E-state index in [0.717, 1.165) is 36.1 Å². The summed E-state index contributed by atoms with van der Waals surface area (Å²) >= 11 is 0. The largest absolute Gasteiger partial charge is 0.378 e. The van der Waals surface area contributed by atoms with E-state index in [0.29, 0.717) is 0 Å². The Morgan fingerprint density at radius 1 is 1.10 bits per heavy atom. The summed E-state index contributed by atoms with van der Waals surface area (Å²) < 4.78 is 61.7. The number of aromatic nitrogens is 2. The van der Waals surface area contributed by atoms with Gasteiger partial charge in [0.2, 0.25) is 0 Å². The summed E-state index contributed by atoms with van der Waals surface area (Å²) in [5.74, 6) is -6.24. The number of alkyl halides is 2. The Hall–Kier alpha value is -3.53. The number of halogens is 4. The van der Waals surface area contributed by atoms with Gasteiger partial charge in [0.05, 0.1) is 5.56 Å². The van der Waals surface area contributed by atoms with Crippen molar-refractivity contribution in [2.45, 2.75) is 12.5 Å². The predicted octanol–water partition coefficient (Wildman–Crippen LogP) is 3.18. The van der Waals surface area contributed by atoms with Crippen LogP contribution in [0.2, 0.25) is 0 Å². The minimum atomic E-state index is -3.55. The van der Waals surface area contributed by atoms with E-state index in [1.165, 1.54) is 30.3 Å². The Kier molecular flexibility index (Phi) is 6.50. The fourth-order valence-corrected chi connectivity index (χ4v) is 2.85. The molecule has 0 aliphatic rings. The normalized spacial score (nSPS) is 11.4. The Balaban J connectivity index is 1.82. The number of benzene rings is 2. The Bertz CT molecular complexity index is 1160. The van der Waals surface area contributed by atoms with Crippen molar-refractivity contribution in [2.75, 3.05) is 13.7 Å². The third kappa shape index (κ3) is 4.80. The van der Waals surface area contributed by atoms with Crippen LogP contribution in [-0.2, 0) is 17.2 Å². The molecule has 0 aliphatic heterocycles. The van der Waals surface area contributed by atoms with Crippen molar-refractivity contribution in [1.82, 2.24) is 15.1 Å². The van der Waals surface area contributed by atoms with Gasteiger partial charge in [-0.3, -0.25) is 9.59 Å². The van der Waals surface area contributed by atoms with Gasteiger partial charge in [-0.2, -0.15) is 18.6 Å². The van der Waals surface area contributed by atoms with Crippen LogP contribution in [-0.4, -0.2) is 29.4 Å². The zero-order valence-electron chi connectivity index (χ0n) is 16.2. The lowest BCUT2D eigenvalue weighted by Gasteiger charge is -2.18. The van der Waals surface area contributed by atoms with Gasteiger partial charge < -0.3 is 10.1 Å². The van der Waals surface area contributed by atoms with Gasteiger partial charge in [-0.1, -0.05) is 24.3 Å². The first-order chi connectivity index (χ1) is 14.7. The average Bonchev–Trinajstić information content (AvgIpc) is 2.73. The van der Waals surface area contributed by atoms with Crippen LogP contribution in [0.5, 0.6) is 0 Å². The molecule has 0 radical (unpaired) electrons. The van der Waals surface area contributed by atoms with Gasteiger partial charge in [-0.05, 0) is 24.3 Å². The van der Waals surface area contributed by atoms with Crippen molar-refractivity contribution in [3.63, 3.8) is 0 Å². The molecule has 31 heavy (non-hydrogen) atoms. The highest BCUT2D eigenvalue weighted by Crippen LogP contribution is 2.31. The van der Waals surface area contributed by atoms with Crippen LogP contribution >= 0.6 is 0 Å². The number of rotatable bonds is 7. The molecule has 1 N–H and O–H groups in total. The minimum Gasteiger partial charge on any atom is -0.378 e. The highest BCUT2D eigenvalue weighted by Gasteiger charge is 2.35. The lowest BCUT2D eigenvalue weighted by molar-refractivity contribution is -0.0722. The Morgan fingerprint density at radius 2 is 1.84 bits per heavy atom. The van der Waals surface area contributed by atoms with Crippen molar-refractivity contribution < 1.29 is 27.1 Å². The topological polar surface area (TPSA) is 73.2 Å². The molecular weight excluding hydrogens is 418 g/mol. The number of amides is 1. The number of methoxy groups -OCH3 is 1. The van der Waals surface area contributed by atoms with Gasteiger partial charge in [-0.25, -0.2) is 8.78 Å². The molecule has 0 saturated heterocycles. The standard InChI is InChI=1S/C21H17F4N3O3/c1-31-12-21(24,25)14-6-4-5-13(19(14)23)11-26-20(30)16-9-10-18(29)28(27-16)17-8-3-2-7-15(17)22/h2-10H,11-12H2,1H3,(H,26,30). The highest BCUT2D eigenvalue weighted by atomic mass is 19.3. The summed E-state index contributed by atoms with van der Waals surface area (Å²) in [5.41, 5.74) is -2.09. The quantitative estimate of drug-likeness (QED) is 0.579. The summed E-state index contributed by atoms with van der Waals surface area (Å²) in [7, 11) is 1.07. The van der Waals surface area contributed by atoms with E-state index in [1.54, 1.807) is 0 Å². The molecule has 6 nitrogen and oxygen atoms in total. The van der Waals surface area contributed by atoms with Crippen LogP contribution < -0.4 is 10.9 Å². The molecule has 1 aromatic heterocycles. The predicted molar refractivity (Wildman–Crippen MR) is 103 cm³/mol. The number of hydrogen-bond acceptors (Lipinski definition) is 4. The van der Waals surface area contributed by atoms with Gasteiger partial charge in [0.15, 0.2) is 0 Å². The summed E-state index contributed by atoms with van der Waals surface area (Å²) in [4.78, 5) is 24.4. The van der Waals surface area contributed by atoms with Gasteiger partial charge in [0.1, 0.15) is 29.6 Å². The maximum absolute atomic E-state index is 14.5. The molecule has 0 atom stereocenters. The molecule has 0 unspecified atom stereocenters. The van der Waals surface area contributed by atoms with E-state index >= 15 is 0 Å². The van der Waals surface area contributed by atoms with Crippen LogP contribution in [0.3, 0.4) is 0 Å². The van der Waals surface area contributed by atoms with Crippen LogP contribution in [0.25, 0.3) is 5.69 Å². The first-order valence-electron chi connectivity index (χ1n) is 9.02. The van der Waals surface area contributed by atoms with E-state index in [-0.39, 0.29) is 16.9 Å². The van der Waals surface area contributed by atoms with Crippen molar-refractivity contribution in [3.05, 3.63) is 93.4 Å². The molecule has 1 amide bonds. The van der Waals surface area contributed by atoms with Gasteiger partial charge in [0, 0.05) is 25.3 Å². The first kappa shape index (κ1) is 22.2. The fourth-order valence-electron chi connectivity index (χ4n) is 2.85. The molecule has 3 rings (SSSR count). The molecular formula is C21H17F4N3O3. The monoisotopic (exact) mass is 435 g/mol. The number of hydrogen-bond donors (Lipinski definition) is 1. The minimum absolute atomic E-state index is 0.152. The van der Waals surface area contributed by atoms with Gasteiger partial charge in [-0.15, -0.1) is 0 Å². The van der Waals surface area contributed by atoms with Crippen LogP contribution in [0.4, 0.5) is 17.6 Å². The number of nitrogens with one attached hydrogen (secondary N) is 1.